The number of hydrogen-bond acceptors (Lipinski definition) is 6. The molecule has 0 fully saturated rings. The minimum absolute atomic E-state index is 0.134. The summed E-state index contributed by atoms with van der Waals surface area (Å²) in [6.07, 6.45) is 1.83. The molecule has 8 nitrogen and oxygen atoms in total. The lowest BCUT2D eigenvalue weighted by molar-refractivity contribution is 0.414. The van der Waals surface area contributed by atoms with Crippen molar-refractivity contribution in [2.45, 2.75) is 32.4 Å². The first-order valence-electron chi connectivity index (χ1n) is 12.5. The van der Waals surface area contributed by atoms with E-state index >= 15 is 0 Å². The fourth-order valence-corrected chi connectivity index (χ4v) is 5.20. The van der Waals surface area contributed by atoms with Crippen molar-refractivity contribution in [3.63, 3.8) is 0 Å². The van der Waals surface area contributed by atoms with Gasteiger partial charge < -0.3 is 14.6 Å². The van der Waals surface area contributed by atoms with Crippen LogP contribution in [0.25, 0.3) is 10.9 Å². The van der Waals surface area contributed by atoms with Crippen molar-refractivity contribution in [3.05, 3.63) is 111 Å². The van der Waals surface area contributed by atoms with E-state index in [9.17, 15) is 4.79 Å². The van der Waals surface area contributed by atoms with Crippen LogP contribution in [-0.2, 0) is 19.4 Å². The number of tetrazole rings is 1. The van der Waals surface area contributed by atoms with Crippen LogP contribution in [0, 0.1) is 0 Å². The summed E-state index contributed by atoms with van der Waals surface area (Å²) in [4.78, 5) is 18.9. The third-order valence-electron chi connectivity index (χ3n) is 7.17. The van der Waals surface area contributed by atoms with Gasteiger partial charge in [0.05, 0.1) is 13.7 Å². The van der Waals surface area contributed by atoms with Gasteiger partial charge in [-0.15, -0.1) is 5.10 Å². The SMILES string of the molecule is CCc1ccc2[nH]c(=O)c(C(c3nnnn3Cc3ccc(OC)cc3)N3CCc4ccccc43)cc2c1. The van der Waals surface area contributed by atoms with Gasteiger partial charge in [-0.05, 0) is 81.7 Å². The molecule has 1 unspecified atom stereocenters. The van der Waals surface area contributed by atoms with Crippen molar-refractivity contribution in [3.8, 4) is 5.75 Å². The Morgan fingerprint density at radius 2 is 1.84 bits per heavy atom. The van der Waals surface area contributed by atoms with Gasteiger partial charge in [-0.1, -0.05) is 43.3 Å². The molecule has 0 radical (unpaired) electrons. The van der Waals surface area contributed by atoms with E-state index in [1.54, 1.807) is 11.8 Å². The average molecular weight is 493 g/mol. The Labute approximate surface area is 214 Å². The molecule has 2 aromatic heterocycles. The summed E-state index contributed by atoms with van der Waals surface area (Å²) in [7, 11) is 1.65. The number of nitrogens with one attached hydrogen (secondary N) is 1. The van der Waals surface area contributed by atoms with E-state index in [2.05, 4.69) is 62.7 Å². The topological polar surface area (TPSA) is 88.9 Å². The lowest BCUT2D eigenvalue weighted by Crippen LogP contribution is -2.34. The lowest BCUT2D eigenvalue weighted by Gasteiger charge is -2.29. The second kappa shape index (κ2) is 9.54. The second-order valence-corrected chi connectivity index (χ2v) is 9.35. The molecule has 3 heterocycles. The zero-order valence-electron chi connectivity index (χ0n) is 20.9. The lowest BCUT2D eigenvalue weighted by atomic mass is 10.0. The van der Waals surface area contributed by atoms with Gasteiger partial charge in [0.25, 0.3) is 5.56 Å². The van der Waals surface area contributed by atoms with Crippen LogP contribution < -0.4 is 15.2 Å². The highest BCUT2D eigenvalue weighted by molar-refractivity contribution is 5.80. The highest BCUT2D eigenvalue weighted by Crippen LogP contribution is 2.37. The number of aromatic amines is 1. The number of para-hydroxylation sites is 1. The van der Waals surface area contributed by atoms with Crippen molar-refractivity contribution >= 4 is 16.6 Å². The van der Waals surface area contributed by atoms with Crippen LogP contribution in [0.1, 0.15) is 41.0 Å². The standard InChI is InChI=1S/C29H28N6O2/c1-3-19-10-13-25-22(16-19)17-24(29(36)30-25)27(34-15-14-21-6-4-5-7-26(21)34)28-31-32-33-35(28)18-20-8-11-23(37-2)12-9-20/h4-13,16-17,27H,3,14-15,18H2,1-2H3,(H,30,36). The number of ether oxygens (including phenoxy) is 1. The Morgan fingerprint density at radius 1 is 1.03 bits per heavy atom. The van der Waals surface area contributed by atoms with E-state index in [4.69, 9.17) is 4.74 Å². The molecule has 0 amide bonds. The molecule has 5 aromatic rings. The average Bonchev–Trinajstić information content (AvgIpc) is 3.57. The molecule has 0 spiro atoms. The zero-order valence-corrected chi connectivity index (χ0v) is 20.9. The first-order chi connectivity index (χ1) is 18.1. The van der Waals surface area contributed by atoms with E-state index in [1.807, 2.05) is 42.5 Å². The molecular weight excluding hydrogens is 464 g/mol. The zero-order chi connectivity index (χ0) is 25.4. The number of hydrogen-bond donors (Lipinski definition) is 1. The maximum atomic E-state index is 13.6. The van der Waals surface area contributed by atoms with Crippen molar-refractivity contribution < 1.29 is 4.74 Å². The van der Waals surface area contributed by atoms with Crippen molar-refractivity contribution in [1.29, 1.82) is 0 Å². The summed E-state index contributed by atoms with van der Waals surface area (Å²) in [5.41, 5.74) is 5.94. The molecule has 37 heavy (non-hydrogen) atoms. The molecule has 0 aliphatic carbocycles. The van der Waals surface area contributed by atoms with E-state index in [1.165, 1.54) is 11.1 Å². The summed E-state index contributed by atoms with van der Waals surface area (Å²) in [5, 5.41) is 13.9. The maximum Gasteiger partial charge on any atom is 0.254 e. The number of H-pyrrole nitrogens is 1. The molecule has 1 aliphatic rings. The largest absolute Gasteiger partial charge is 0.497 e. The number of methoxy groups -OCH3 is 1. The van der Waals surface area contributed by atoms with Gasteiger partial charge in [-0.3, -0.25) is 4.79 Å². The summed E-state index contributed by atoms with van der Waals surface area (Å²) < 4.78 is 7.09. The van der Waals surface area contributed by atoms with Gasteiger partial charge in [0.15, 0.2) is 5.82 Å². The summed E-state index contributed by atoms with van der Waals surface area (Å²) >= 11 is 0. The highest BCUT2D eigenvalue weighted by atomic mass is 16.5. The van der Waals surface area contributed by atoms with Crippen LogP contribution in [0.3, 0.4) is 0 Å². The first kappa shape index (κ1) is 23.0. The number of pyridine rings is 1. The summed E-state index contributed by atoms with van der Waals surface area (Å²) in [5.74, 6) is 1.42. The van der Waals surface area contributed by atoms with Crippen molar-refractivity contribution in [2.24, 2.45) is 0 Å². The molecule has 186 valence electrons. The van der Waals surface area contributed by atoms with E-state index < -0.39 is 6.04 Å². The predicted molar refractivity (Wildman–Crippen MR) is 143 cm³/mol. The monoisotopic (exact) mass is 492 g/mol. The Bertz CT molecular complexity index is 1620. The van der Waals surface area contributed by atoms with E-state index in [-0.39, 0.29) is 5.56 Å². The molecule has 0 bridgehead atoms. The van der Waals surface area contributed by atoms with Crippen LogP contribution in [-0.4, -0.2) is 38.8 Å². The predicted octanol–water partition coefficient (Wildman–Crippen LogP) is 4.29. The number of aromatic nitrogens is 5. The van der Waals surface area contributed by atoms with Crippen molar-refractivity contribution in [1.82, 2.24) is 25.2 Å². The quantitative estimate of drug-likeness (QED) is 0.365. The maximum absolute atomic E-state index is 13.6. The molecule has 3 aromatic carbocycles. The minimum atomic E-state index is -0.449. The van der Waals surface area contributed by atoms with Crippen molar-refractivity contribution in [2.75, 3.05) is 18.6 Å². The normalized spacial score (nSPS) is 13.6. The third-order valence-corrected chi connectivity index (χ3v) is 7.17. The van der Waals surface area contributed by atoms with Gasteiger partial charge in [0.1, 0.15) is 11.8 Å². The summed E-state index contributed by atoms with van der Waals surface area (Å²) in [6.45, 7) is 3.38. The fraction of sp³-hybridized carbons (Fsp3) is 0.241. The van der Waals surface area contributed by atoms with E-state index in [0.29, 0.717) is 17.9 Å². The Hall–Kier alpha value is -4.46. The van der Waals surface area contributed by atoms with E-state index in [0.717, 1.165) is 47.3 Å². The van der Waals surface area contributed by atoms with Gasteiger partial charge in [-0.25, -0.2) is 4.68 Å². The number of anilines is 1. The third kappa shape index (κ3) is 4.24. The van der Waals surface area contributed by atoms with Crippen LogP contribution in [0.15, 0.2) is 77.6 Å². The van der Waals surface area contributed by atoms with Gasteiger partial charge >= 0.3 is 0 Å². The Kier molecular flexibility index (Phi) is 5.92. The Balaban J connectivity index is 1.49. The second-order valence-electron chi connectivity index (χ2n) is 9.35. The Morgan fingerprint density at radius 3 is 2.65 bits per heavy atom. The highest BCUT2D eigenvalue weighted by Gasteiger charge is 2.34. The summed E-state index contributed by atoms with van der Waals surface area (Å²) in [6, 6.07) is 23.9. The molecule has 8 heteroatoms. The van der Waals surface area contributed by atoms with Crippen LogP contribution in [0.4, 0.5) is 5.69 Å². The molecule has 1 atom stereocenters. The number of nitrogens with zero attached hydrogens (tertiary/aromatic N) is 5. The van der Waals surface area contributed by atoms with Crippen LogP contribution in [0.2, 0.25) is 0 Å². The van der Waals surface area contributed by atoms with Gasteiger partial charge in [0, 0.05) is 23.3 Å². The fourth-order valence-electron chi connectivity index (χ4n) is 5.20. The molecule has 1 aliphatic heterocycles. The van der Waals surface area contributed by atoms with Gasteiger partial charge in [0.2, 0.25) is 0 Å². The number of fused-ring (bicyclic) bond motifs is 2. The van der Waals surface area contributed by atoms with Crippen LogP contribution >= 0.6 is 0 Å². The number of aryl methyl sites for hydroxylation is 1. The van der Waals surface area contributed by atoms with Crippen LogP contribution in [0.5, 0.6) is 5.75 Å². The first-order valence-corrected chi connectivity index (χ1v) is 12.5. The molecule has 0 saturated carbocycles. The molecular formula is C29H28N6O2. The minimum Gasteiger partial charge on any atom is -0.497 e. The smallest absolute Gasteiger partial charge is 0.254 e. The van der Waals surface area contributed by atoms with Gasteiger partial charge in [-0.2, -0.15) is 0 Å². The molecule has 1 N–H and O–H groups in total. The molecule has 0 saturated heterocycles. The number of benzene rings is 3. The molecule has 6 rings (SSSR count). The number of rotatable bonds is 7.